The Morgan fingerprint density at radius 1 is 1.33 bits per heavy atom. The number of aromatic amines is 1. The molecule has 1 fully saturated rings. The number of nitrogens with zero attached hydrogens (tertiary/aromatic N) is 3. The molecule has 1 aliphatic rings. The number of nitrogens with one attached hydrogen (secondary N) is 2. The molecule has 2 heterocycles. The molecule has 0 aliphatic carbocycles. The summed E-state index contributed by atoms with van der Waals surface area (Å²) < 4.78 is 0. The molecule has 1 atom stereocenters. The predicted octanol–water partition coefficient (Wildman–Crippen LogP) is 1.14. The van der Waals surface area contributed by atoms with E-state index in [1.54, 1.807) is 11.9 Å². The van der Waals surface area contributed by atoms with Gasteiger partial charge in [-0.2, -0.15) is 5.10 Å². The van der Waals surface area contributed by atoms with E-state index in [1.807, 2.05) is 30.3 Å². The van der Waals surface area contributed by atoms with Crippen LogP contribution in [0.1, 0.15) is 25.1 Å². The Morgan fingerprint density at radius 3 is 2.92 bits per heavy atom. The topological polar surface area (TPSA) is 91.0 Å². The maximum atomic E-state index is 12.2. The number of carbonyl (C=O) groups excluding carboxylic acids is 2. The van der Waals surface area contributed by atoms with Crippen molar-refractivity contribution in [1.29, 1.82) is 0 Å². The average molecular weight is 327 g/mol. The second-order valence-corrected chi connectivity index (χ2v) is 6.06. The molecule has 0 radical (unpaired) electrons. The van der Waals surface area contributed by atoms with E-state index in [1.165, 1.54) is 0 Å². The first kappa shape index (κ1) is 16.2. The number of hydrogen-bond donors (Lipinski definition) is 2. The maximum absolute atomic E-state index is 12.2. The van der Waals surface area contributed by atoms with Crippen LogP contribution in [0, 0.1) is 0 Å². The van der Waals surface area contributed by atoms with E-state index in [2.05, 4.69) is 20.5 Å². The van der Waals surface area contributed by atoms with Crippen LogP contribution in [0.4, 0.5) is 0 Å². The molecular formula is C17H21N5O2. The van der Waals surface area contributed by atoms with Crippen LogP contribution in [0.5, 0.6) is 0 Å². The van der Waals surface area contributed by atoms with Gasteiger partial charge in [0.25, 0.3) is 0 Å². The molecule has 0 spiro atoms. The van der Waals surface area contributed by atoms with Gasteiger partial charge in [-0.1, -0.05) is 30.3 Å². The summed E-state index contributed by atoms with van der Waals surface area (Å²) in [5.41, 5.74) is 0.908. The molecule has 24 heavy (non-hydrogen) atoms. The normalized spacial score (nSPS) is 18.3. The number of rotatable bonds is 4. The summed E-state index contributed by atoms with van der Waals surface area (Å²) in [5.74, 6) is 1.15. The van der Waals surface area contributed by atoms with E-state index in [-0.39, 0.29) is 24.3 Å². The van der Waals surface area contributed by atoms with Crippen molar-refractivity contribution in [2.45, 2.75) is 31.7 Å². The molecule has 1 saturated heterocycles. The lowest BCUT2D eigenvalue weighted by molar-refractivity contribution is -0.129. The Morgan fingerprint density at radius 2 is 2.12 bits per heavy atom. The lowest BCUT2D eigenvalue weighted by Crippen LogP contribution is -2.36. The largest absolute Gasteiger partial charge is 0.353 e. The summed E-state index contributed by atoms with van der Waals surface area (Å²) in [6.07, 6.45) is 2.09. The van der Waals surface area contributed by atoms with Crippen LogP contribution in [0.15, 0.2) is 30.3 Å². The molecule has 7 nitrogen and oxygen atoms in total. The third-order valence-corrected chi connectivity index (χ3v) is 4.20. The minimum Gasteiger partial charge on any atom is -0.353 e. The van der Waals surface area contributed by atoms with Crippen molar-refractivity contribution < 1.29 is 9.59 Å². The summed E-state index contributed by atoms with van der Waals surface area (Å²) in [6.45, 7) is 0.671. The van der Waals surface area contributed by atoms with Gasteiger partial charge in [0.1, 0.15) is 5.82 Å². The van der Waals surface area contributed by atoms with Gasteiger partial charge in [0, 0.05) is 31.6 Å². The van der Waals surface area contributed by atoms with E-state index in [0.717, 1.165) is 12.0 Å². The van der Waals surface area contributed by atoms with Crippen molar-refractivity contribution in [3.05, 3.63) is 36.2 Å². The third kappa shape index (κ3) is 3.98. The van der Waals surface area contributed by atoms with E-state index in [0.29, 0.717) is 31.0 Å². The van der Waals surface area contributed by atoms with Crippen LogP contribution in [-0.4, -0.2) is 51.5 Å². The molecule has 3 rings (SSSR count). The lowest BCUT2D eigenvalue weighted by Gasteiger charge is -2.16. The van der Waals surface area contributed by atoms with E-state index < -0.39 is 0 Å². The number of amides is 2. The van der Waals surface area contributed by atoms with Crippen LogP contribution < -0.4 is 5.32 Å². The molecule has 7 heteroatoms. The minimum absolute atomic E-state index is 0.0305. The second kappa shape index (κ2) is 7.25. The zero-order valence-electron chi connectivity index (χ0n) is 13.7. The molecule has 2 amide bonds. The number of likely N-dealkylation sites (tertiary alicyclic amines) is 1. The first-order valence-corrected chi connectivity index (χ1v) is 8.12. The summed E-state index contributed by atoms with van der Waals surface area (Å²) in [6, 6.07) is 9.64. The Hall–Kier alpha value is -2.70. The van der Waals surface area contributed by atoms with Gasteiger partial charge in [0.15, 0.2) is 5.82 Å². The number of aromatic nitrogens is 3. The average Bonchev–Trinajstić information content (AvgIpc) is 2.99. The molecule has 0 saturated carbocycles. The lowest BCUT2D eigenvalue weighted by atomic mass is 10.1. The number of carbonyl (C=O) groups is 2. The molecule has 1 aliphatic heterocycles. The Kier molecular flexibility index (Phi) is 4.88. The van der Waals surface area contributed by atoms with Crippen molar-refractivity contribution >= 4 is 11.8 Å². The SMILES string of the molecule is CN1CCC(NC(=O)Cc2nc(-c3ccccc3)n[nH]2)CCC1=O. The van der Waals surface area contributed by atoms with Crippen molar-refractivity contribution in [2.75, 3.05) is 13.6 Å². The highest BCUT2D eigenvalue weighted by Gasteiger charge is 2.21. The fraction of sp³-hybridized carbons (Fsp3) is 0.412. The van der Waals surface area contributed by atoms with Gasteiger partial charge in [-0.05, 0) is 12.8 Å². The van der Waals surface area contributed by atoms with Crippen molar-refractivity contribution in [3.63, 3.8) is 0 Å². The summed E-state index contributed by atoms with van der Waals surface area (Å²) in [5, 5.41) is 9.96. The fourth-order valence-electron chi connectivity index (χ4n) is 2.77. The van der Waals surface area contributed by atoms with Gasteiger partial charge in [0.05, 0.1) is 6.42 Å². The zero-order chi connectivity index (χ0) is 16.9. The first-order chi connectivity index (χ1) is 11.6. The Bertz CT molecular complexity index is 713. The zero-order valence-corrected chi connectivity index (χ0v) is 13.7. The summed E-state index contributed by atoms with van der Waals surface area (Å²) in [7, 11) is 1.80. The highest BCUT2D eigenvalue weighted by atomic mass is 16.2. The monoisotopic (exact) mass is 327 g/mol. The van der Waals surface area contributed by atoms with Gasteiger partial charge in [-0.3, -0.25) is 14.7 Å². The highest BCUT2D eigenvalue weighted by Crippen LogP contribution is 2.14. The van der Waals surface area contributed by atoms with Crippen LogP contribution in [0.3, 0.4) is 0 Å². The number of hydrogen-bond acceptors (Lipinski definition) is 4. The molecule has 1 unspecified atom stereocenters. The van der Waals surface area contributed by atoms with E-state index in [4.69, 9.17) is 0 Å². The van der Waals surface area contributed by atoms with Crippen LogP contribution in [0.2, 0.25) is 0 Å². The Labute approximate surface area is 140 Å². The van der Waals surface area contributed by atoms with E-state index in [9.17, 15) is 9.59 Å². The Balaban J connectivity index is 1.56. The molecule has 0 bridgehead atoms. The molecular weight excluding hydrogens is 306 g/mol. The predicted molar refractivity (Wildman–Crippen MR) is 88.9 cm³/mol. The van der Waals surface area contributed by atoms with Gasteiger partial charge in [-0.15, -0.1) is 0 Å². The van der Waals surface area contributed by atoms with Gasteiger partial charge in [-0.25, -0.2) is 4.98 Å². The standard InChI is InChI=1S/C17H21N5O2/c1-22-10-9-13(7-8-16(22)24)18-15(23)11-14-19-17(21-20-14)12-5-3-2-4-6-12/h2-6,13H,7-11H2,1H3,(H,18,23)(H,19,20,21). The van der Waals surface area contributed by atoms with E-state index >= 15 is 0 Å². The van der Waals surface area contributed by atoms with Crippen molar-refractivity contribution in [3.8, 4) is 11.4 Å². The number of H-pyrrole nitrogens is 1. The van der Waals surface area contributed by atoms with Gasteiger partial charge in [0.2, 0.25) is 11.8 Å². The summed E-state index contributed by atoms with van der Waals surface area (Å²) >= 11 is 0. The smallest absolute Gasteiger partial charge is 0.227 e. The number of benzene rings is 1. The first-order valence-electron chi connectivity index (χ1n) is 8.12. The highest BCUT2D eigenvalue weighted by molar-refractivity contribution is 5.79. The summed E-state index contributed by atoms with van der Waals surface area (Å²) in [4.78, 5) is 30.0. The second-order valence-electron chi connectivity index (χ2n) is 6.06. The third-order valence-electron chi connectivity index (χ3n) is 4.20. The minimum atomic E-state index is -0.104. The van der Waals surface area contributed by atoms with Crippen molar-refractivity contribution in [2.24, 2.45) is 0 Å². The molecule has 1 aromatic heterocycles. The van der Waals surface area contributed by atoms with Crippen molar-refractivity contribution in [1.82, 2.24) is 25.4 Å². The molecule has 2 N–H and O–H groups in total. The van der Waals surface area contributed by atoms with Crippen LogP contribution in [-0.2, 0) is 16.0 Å². The van der Waals surface area contributed by atoms with Crippen LogP contribution >= 0.6 is 0 Å². The van der Waals surface area contributed by atoms with Gasteiger partial charge >= 0.3 is 0 Å². The molecule has 126 valence electrons. The quantitative estimate of drug-likeness (QED) is 0.881. The maximum Gasteiger partial charge on any atom is 0.227 e. The molecule has 1 aromatic carbocycles. The van der Waals surface area contributed by atoms with Gasteiger partial charge < -0.3 is 10.2 Å². The molecule has 2 aromatic rings. The fourth-order valence-corrected chi connectivity index (χ4v) is 2.77. The van der Waals surface area contributed by atoms with Crippen LogP contribution in [0.25, 0.3) is 11.4 Å².